The first kappa shape index (κ1) is 17.0. The van der Waals surface area contributed by atoms with Crippen molar-refractivity contribution in [2.45, 2.75) is 25.9 Å². The quantitative estimate of drug-likeness (QED) is 0.757. The van der Waals surface area contributed by atoms with Gasteiger partial charge >= 0.3 is 0 Å². The first-order valence-electron chi connectivity index (χ1n) is 8.70. The lowest BCUT2D eigenvalue weighted by molar-refractivity contribution is -0.119. The van der Waals surface area contributed by atoms with Gasteiger partial charge in [-0.1, -0.05) is 24.3 Å². The van der Waals surface area contributed by atoms with Crippen molar-refractivity contribution in [3.8, 4) is 0 Å². The molecule has 0 fully saturated rings. The second kappa shape index (κ2) is 6.68. The van der Waals surface area contributed by atoms with E-state index in [4.69, 9.17) is 0 Å². The molecule has 1 N–H and O–H groups in total. The Kier molecular flexibility index (Phi) is 4.19. The highest BCUT2D eigenvalue weighted by Crippen LogP contribution is 2.31. The third-order valence-corrected chi connectivity index (χ3v) is 4.67. The molecular weight excluding hydrogens is 344 g/mol. The molecule has 1 aliphatic rings. The predicted molar refractivity (Wildman–Crippen MR) is 103 cm³/mol. The van der Waals surface area contributed by atoms with Crippen molar-refractivity contribution < 1.29 is 9.59 Å². The molecule has 1 aromatic heterocycles. The number of nitrogens with zero attached hydrogens (tertiary/aromatic N) is 3. The number of carbonyl (C=O) groups excluding carboxylic acids is 2. The van der Waals surface area contributed by atoms with Gasteiger partial charge in [0.2, 0.25) is 11.8 Å². The average Bonchev–Trinajstić information content (AvgIpc) is 2.78. The molecule has 0 saturated carbocycles. The van der Waals surface area contributed by atoms with Gasteiger partial charge in [0.15, 0.2) is 0 Å². The topological polar surface area (TPSA) is 84.3 Å². The maximum Gasteiger partial charge on any atom is 0.269 e. The molecule has 7 nitrogen and oxygen atoms in total. The minimum absolute atomic E-state index is 0.130. The van der Waals surface area contributed by atoms with Crippen molar-refractivity contribution in [1.82, 2.24) is 9.55 Å². The van der Waals surface area contributed by atoms with Gasteiger partial charge in [0, 0.05) is 12.5 Å². The lowest BCUT2D eigenvalue weighted by atomic mass is 10.1. The van der Waals surface area contributed by atoms with Crippen molar-refractivity contribution in [3.05, 3.63) is 65.1 Å². The molecule has 1 aliphatic heterocycles. The number of carbonyl (C=O) groups is 2. The molecule has 1 atom stereocenters. The van der Waals surface area contributed by atoms with Crippen LogP contribution in [0.2, 0.25) is 0 Å². The van der Waals surface area contributed by atoms with Crippen LogP contribution in [0.5, 0.6) is 0 Å². The van der Waals surface area contributed by atoms with Crippen molar-refractivity contribution >= 4 is 34.2 Å². The minimum atomic E-state index is -0.341. The van der Waals surface area contributed by atoms with E-state index in [2.05, 4.69) is 10.3 Å². The van der Waals surface area contributed by atoms with Crippen LogP contribution in [0.25, 0.3) is 11.0 Å². The van der Waals surface area contributed by atoms with Crippen LogP contribution in [-0.4, -0.2) is 27.4 Å². The Balaban J connectivity index is 1.76. The number of hydrogen-bond acceptors (Lipinski definition) is 4. The lowest BCUT2D eigenvalue weighted by Gasteiger charge is -2.28. The molecule has 0 radical (unpaired) electrons. The summed E-state index contributed by atoms with van der Waals surface area (Å²) in [5.74, 6) is -0.401. The molecule has 136 valence electrons. The highest BCUT2D eigenvalue weighted by atomic mass is 16.2. The van der Waals surface area contributed by atoms with Gasteiger partial charge in [-0.25, -0.2) is 4.98 Å². The monoisotopic (exact) mass is 362 g/mol. The van der Waals surface area contributed by atoms with Crippen LogP contribution in [0, 0.1) is 0 Å². The zero-order valence-corrected chi connectivity index (χ0v) is 14.8. The van der Waals surface area contributed by atoms with Gasteiger partial charge in [-0.2, -0.15) is 0 Å². The van der Waals surface area contributed by atoms with Gasteiger partial charge in [-0.15, -0.1) is 0 Å². The van der Waals surface area contributed by atoms with Crippen molar-refractivity contribution in [3.63, 3.8) is 0 Å². The first-order valence-corrected chi connectivity index (χ1v) is 8.70. The van der Waals surface area contributed by atoms with Gasteiger partial charge < -0.3 is 10.2 Å². The first-order chi connectivity index (χ1) is 13.0. The summed E-state index contributed by atoms with van der Waals surface area (Å²) in [6, 6.07) is 14.0. The van der Waals surface area contributed by atoms with E-state index in [1.807, 2.05) is 19.1 Å². The summed E-state index contributed by atoms with van der Waals surface area (Å²) in [6.45, 7) is 1.70. The van der Waals surface area contributed by atoms with Crippen LogP contribution in [0.4, 0.5) is 11.4 Å². The average molecular weight is 362 g/mol. The fraction of sp³-hybridized carbons (Fsp3) is 0.200. The molecule has 2 amide bonds. The molecule has 0 spiro atoms. The standard InChI is InChI=1S/C20H18N4O3/c1-13-10-18(25)22-15-7-3-5-9-17(15)24(13)20(27)12-23-16-8-4-2-6-14(16)21-11-19(23)26/h2-9,11,13H,10,12H2,1H3,(H,22,25)/t13-/m1/s1. The molecule has 4 rings (SSSR count). The SMILES string of the molecule is C[C@@H]1CC(=O)Nc2ccccc2N1C(=O)Cn1c(=O)cnc2ccccc21. The van der Waals surface area contributed by atoms with E-state index in [0.29, 0.717) is 22.4 Å². The zero-order chi connectivity index (χ0) is 19.0. The molecule has 0 unspecified atom stereocenters. The number of benzene rings is 2. The summed E-state index contributed by atoms with van der Waals surface area (Å²) < 4.78 is 1.42. The van der Waals surface area contributed by atoms with Crippen molar-refractivity contribution in [2.75, 3.05) is 10.2 Å². The van der Waals surface area contributed by atoms with E-state index >= 15 is 0 Å². The van der Waals surface area contributed by atoms with Crippen LogP contribution in [-0.2, 0) is 16.1 Å². The predicted octanol–water partition coefficient (Wildman–Crippen LogP) is 2.16. The Labute approximate surface area is 155 Å². The van der Waals surface area contributed by atoms with E-state index in [9.17, 15) is 14.4 Å². The van der Waals surface area contributed by atoms with Gasteiger partial charge in [0.05, 0.1) is 28.6 Å². The van der Waals surface area contributed by atoms with E-state index in [1.54, 1.807) is 41.3 Å². The molecule has 2 aromatic carbocycles. The fourth-order valence-corrected chi connectivity index (χ4v) is 3.46. The third kappa shape index (κ3) is 3.08. The smallest absolute Gasteiger partial charge is 0.269 e. The summed E-state index contributed by atoms with van der Waals surface area (Å²) in [5.41, 5.74) is 2.13. The second-order valence-corrected chi connectivity index (χ2v) is 6.55. The number of anilines is 2. The Bertz CT molecular complexity index is 1110. The van der Waals surface area contributed by atoms with Gasteiger partial charge in [-0.3, -0.25) is 19.0 Å². The molecular formula is C20H18N4O3. The Morgan fingerprint density at radius 2 is 1.89 bits per heavy atom. The molecule has 3 aromatic rings. The van der Waals surface area contributed by atoms with E-state index < -0.39 is 0 Å². The summed E-state index contributed by atoms with van der Waals surface area (Å²) >= 11 is 0. The van der Waals surface area contributed by atoms with Crippen LogP contribution in [0.3, 0.4) is 0 Å². The van der Waals surface area contributed by atoms with E-state index in [1.165, 1.54) is 10.8 Å². The Morgan fingerprint density at radius 3 is 2.74 bits per heavy atom. The van der Waals surface area contributed by atoms with Crippen LogP contribution in [0.15, 0.2) is 59.5 Å². The third-order valence-electron chi connectivity index (χ3n) is 4.67. The van der Waals surface area contributed by atoms with Crippen molar-refractivity contribution in [2.24, 2.45) is 0 Å². The maximum atomic E-state index is 13.2. The summed E-state index contributed by atoms with van der Waals surface area (Å²) in [4.78, 5) is 43.4. The van der Waals surface area contributed by atoms with E-state index in [0.717, 1.165) is 0 Å². The Morgan fingerprint density at radius 1 is 1.15 bits per heavy atom. The number of amides is 2. The van der Waals surface area contributed by atoms with Crippen LogP contribution < -0.4 is 15.8 Å². The molecule has 0 bridgehead atoms. The zero-order valence-electron chi connectivity index (χ0n) is 14.8. The molecule has 7 heteroatoms. The van der Waals surface area contributed by atoms with Crippen molar-refractivity contribution in [1.29, 1.82) is 0 Å². The molecule has 2 heterocycles. The maximum absolute atomic E-state index is 13.2. The summed E-state index contributed by atoms with van der Waals surface area (Å²) in [5, 5.41) is 2.83. The van der Waals surface area contributed by atoms with Gasteiger partial charge in [-0.05, 0) is 31.2 Å². The number of fused-ring (bicyclic) bond motifs is 2. The number of hydrogen-bond donors (Lipinski definition) is 1. The van der Waals surface area contributed by atoms with Crippen LogP contribution >= 0.6 is 0 Å². The molecule has 0 saturated heterocycles. The molecule has 0 aliphatic carbocycles. The number of nitrogens with one attached hydrogen (secondary N) is 1. The normalized spacial score (nSPS) is 16.6. The number of rotatable bonds is 2. The lowest BCUT2D eigenvalue weighted by Crippen LogP contribution is -2.42. The largest absolute Gasteiger partial charge is 0.324 e. The summed E-state index contributed by atoms with van der Waals surface area (Å²) in [7, 11) is 0. The Hall–Kier alpha value is -3.48. The fourth-order valence-electron chi connectivity index (χ4n) is 3.46. The summed E-state index contributed by atoms with van der Waals surface area (Å²) in [6.07, 6.45) is 1.41. The second-order valence-electron chi connectivity index (χ2n) is 6.55. The van der Waals surface area contributed by atoms with E-state index in [-0.39, 0.29) is 36.4 Å². The van der Waals surface area contributed by atoms with Gasteiger partial charge in [0.1, 0.15) is 6.54 Å². The van der Waals surface area contributed by atoms with Crippen LogP contribution in [0.1, 0.15) is 13.3 Å². The van der Waals surface area contributed by atoms with Gasteiger partial charge in [0.25, 0.3) is 5.56 Å². The number of para-hydroxylation sites is 4. The highest BCUT2D eigenvalue weighted by molar-refractivity contribution is 6.04. The number of aromatic nitrogens is 2. The highest BCUT2D eigenvalue weighted by Gasteiger charge is 2.29. The molecule has 27 heavy (non-hydrogen) atoms. The minimum Gasteiger partial charge on any atom is -0.324 e.